The smallest absolute Gasteiger partial charge is 0.154 e. The van der Waals surface area contributed by atoms with Gasteiger partial charge in [-0.2, -0.15) is 0 Å². The molecule has 0 radical (unpaired) electrons. The van der Waals surface area contributed by atoms with E-state index in [1.165, 1.54) is 6.42 Å². The summed E-state index contributed by atoms with van der Waals surface area (Å²) in [5, 5.41) is 3.25. The first-order valence-corrected chi connectivity index (χ1v) is 7.82. The molecule has 3 heterocycles. The van der Waals surface area contributed by atoms with Crippen LogP contribution < -0.4 is 5.32 Å². The lowest BCUT2D eigenvalue weighted by molar-refractivity contribution is 0.225. The minimum atomic E-state index is 0.329. The number of hydrogen-bond acceptors (Lipinski definition) is 6. The SMILES string of the molecule is CC(C)CN1CCC[C@H]1c1nccnc1Nc1cnccn1. The number of nitrogens with zero attached hydrogens (tertiary/aromatic N) is 5. The first kappa shape index (κ1) is 14.8. The number of rotatable bonds is 5. The molecule has 116 valence electrons. The van der Waals surface area contributed by atoms with Crippen molar-refractivity contribution in [2.75, 3.05) is 18.4 Å². The van der Waals surface area contributed by atoms with Gasteiger partial charge in [-0.1, -0.05) is 13.8 Å². The molecule has 1 fully saturated rings. The van der Waals surface area contributed by atoms with Crippen LogP contribution in [0.15, 0.2) is 31.0 Å². The minimum absolute atomic E-state index is 0.329. The number of likely N-dealkylation sites (tertiary alicyclic amines) is 1. The Morgan fingerprint density at radius 3 is 2.77 bits per heavy atom. The van der Waals surface area contributed by atoms with Gasteiger partial charge in [0.25, 0.3) is 0 Å². The molecule has 0 saturated carbocycles. The summed E-state index contributed by atoms with van der Waals surface area (Å²) >= 11 is 0. The minimum Gasteiger partial charge on any atom is -0.322 e. The third-order valence-electron chi connectivity index (χ3n) is 3.82. The van der Waals surface area contributed by atoms with Gasteiger partial charge >= 0.3 is 0 Å². The van der Waals surface area contributed by atoms with Gasteiger partial charge < -0.3 is 5.32 Å². The fourth-order valence-corrected chi connectivity index (χ4v) is 3.00. The van der Waals surface area contributed by atoms with E-state index in [4.69, 9.17) is 0 Å². The van der Waals surface area contributed by atoms with Crippen LogP contribution in [-0.4, -0.2) is 37.9 Å². The Balaban J connectivity index is 1.84. The molecule has 22 heavy (non-hydrogen) atoms. The van der Waals surface area contributed by atoms with Gasteiger partial charge in [-0.3, -0.25) is 14.9 Å². The van der Waals surface area contributed by atoms with Gasteiger partial charge in [0.2, 0.25) is 0 Å². The van der Waals surface area contributed by atoms with Crippen LogP contribution in [0.3, 0.4) is 0 Å². The Kier molecular flexibility index (Phi) is 4.58. The Morgan fingerprint density at radius 1 is 1.18 bits per heavy atom. The highest BCUT2D eigenvalue weighted by atomic mass is 15.2. The summed E-state index contributed by atoms with van der Waals surface area (Å²) in [6.45, 7) is 6.73. The zero-order valence-electron chi connectivity index (χ0n) is 13.1. The van der Waals surface area contributed by atoms with E-state index in [-0.39, 0.29) is 0 Å². The van der Waals surface area contributed by atoms with Crippen LogP contribution in [0.1, 0.15) is 38.4 Å². The van der Waals surface area contributed by atoms with E-state index in [1.807, 2.05) is 0 Å². The molecule has 0 amide bonds. The average Bonchev–Trinajstić information content (AvgIpc) is 2.96. The van der Waals surface area contributed by atoms with Crippen molar-refractivity contribution >= 4 is 11.6 Å². The number of hydrogen-bond donors (Lipinski definition) is 1. The zero-order chi connectivity index (χ0) is 15.4. The topological polar surface area (TPSA) is 66.8 Å². The van der Waals surface area contributed by atoms with Crippen LogP contribution in [0.25, 0.3) is 0 Å². The molecule has 0 bridgehead atoms. The second-order valence-electron chi connectivity index (χ2n) is 6.05. The lowest BCUT2D eigenvalue weighted by Gasteiger charge is -2.26. The van der Waals surface area contributed by atoms with Crippen molar-refractivity contribution in [1.29, 1.82) is 0 Å². The molecule has 3 rings (SSSR count). The average molecular weight is 298 g/mol. The highest BCUT2D eigenvalue weighted by molar-refractivity contribution is 5.53. The third kappa shape index (κ3) is 3.39. The summed E-state index contributed by atoms with van der Waals surface area (Å²) in [7, 11) is 0. The van der Waals surface area contributed by atoms with Crippen molar-refractivity contribution in [2.24, 2.45) is 5.92 Å². The van der Waals surface area contributed by atoms with E-state index in [9.17, 15) is 0 Å². The van der Waals surface area contributed by atoms with E-state index in [2.05, 4.69) is 44.0 Å². The van der Waals surface area contributed by atoms with E-state index in [0.717, 1.165) is 31.0 Å². The van der Waals surface area contributed by atoms with Crippen LogP contribution in [0.2, 0.25) is 0 Å². The van der Waals surface area contributed by atoms with E-state index in [0.29, 0.717) is 17.8 Å². The van der Waals surface area contributed by atoms with Gasteiger partial charge in [0.15, 0.2) is 5.82 Å². The molecule has 1 atom stereocenters. The normalized spacial score (nSPS) is 18.8. The summed E-state index contributed by atoms with van der Waals surface area (Å²) in [4.78, 5) is 19.9. The predicted molar refractivity (Wildman–Crippen MR) is 85.7 cm³/mol. The van der Waals surface area contributed by atoms with Gasteiger partial charge in [-0.05, 0) is 25.3 Å². The van der Waals surface area contributed by atoms with E-state index in [1.54, 1.807) is 31.0 Å². The van der Waals surface area contributed by atoms with Gasteiger partial charge in [-0.15, -0.1) is 0 Å². The Hall–Kier alpha value is -2.08. The monoisotopic (exact) mass is 298 g/mol. The number of anilines is 2. The standard InChI is InChI=1S/C16H22N6/c1-12(2)11-22-9-3-4-13(22)15-16(20-8-7-19-15)21-14-10-17-5-6-18-14/h5-8,10,12-13H,3-4,9,11H2,1-2H3,(H,18,20,21)/t13-/m0/s1. The molecule has 0 aromatic carbocycles. The highest BCUT2D eigenvalue weighted by Crippen LogP contribution is 2.34. The zero-order valence-corrected chi connectivity index (χ0v) is 13.1. The van der Waals surface area contributed by atoms with Crippen LogP contribution >= 0.6 is 0 Å². The van der Waals surface area contributed by atoms with Gasteiger partial charge in [-0.25, -0.2) is 9.97 Å². The van der Waals surface area contributed by atoms with Crippen molar-refractivity contribution in [3.05, 3.63) is 36.7 Å². The van der Waals surface area contributed by atoms with Crippen molar-refractivity contribution in [3.63, 3.8) is 0 Å². The molecular weight excluding hydrogens is 276 g/mol. The largest absolute Gasteiger partial charge is 0.322 e. The molecule has 0 spiro atoms. The molecule has 1 saturated heterocycles. The van der Waals surface area contributed by atoms with Crippen LogP contribution in [-0.2, 0) is 0 Å². The van der Waals surface area contributed by atoms with Crippen molar-refractivity contribution in [2.45, 2.75) is 32.7 Å². The molecule has 1 aliphatic heterocycles. The quantitative estimate of drug-likeness (QED) is 0.915. The summed E-state index contributed by atoms with van der Waals surface area (Å²) in [6, 6.07) is 0.329. The maximum Gasteiger partial charge on any atom is 0.154 e. The Morgan fingerprint density at radius 2 is 2.00 bits per heavy atom. The summed E-state index contributed by atoms with van der Waals surface area (Å²) in [6.07, 6.45) is 10.8. The first-order valence-electron chi connectivity index (χ1n) is 7.82. The Labute approximate surface area is 131 Å². The second-order valence-corrected chi connectivity index (χ2v) is 6.05. The molecule has 6 heteroatoms. The van der Waals surface area contributed by atoms with Crippen LogP contribution in [0, 0.1) is 5.92 Å². The molecule has 6 nitrogen and oxygen atoms in total. The fourth-order valence-electron chi connectivity index (χ4n) is 3.00. The van der Waals surface area contributed by atoms with E-state index >= 15 is 0 Å². The number of nitrogens with one attached hydrogen (secondary N) is 1. The molecule has 1 aliphatic rings. The molecule has 0 unspecified atom stereocenters. The second kappa shape index (κ2) is 6.79. The van der Waals surface area contributed by atoms with Gasteiger partial charge in [0.1, 0.15) is 11.5 Å². The van der Waals surface area contributed by atoms with Gasteiger partial charge in [0, 0.05) is 31.3 Å². The van der Waals surface area contributed by atoms with Crippen molar-refractivity contribution < 1.29 is 0 Å². The van der Waals surface area contributed by atoms with Crippen molar-refractivity contribution in [1.82, 2.24) is 24.8 Å². The lowest BCUT2D eigenvalue weighted by Crippen LogP contribution is -2.28. The third-order valence-corrected chi connectivity index (χ3v) is 3.82. The first-order chi connectivity index (χ1) is 10.7. The molecule has 2 aromatic rings. The van der Waals surface area contributed by atoms with Gasteiger partial charge in [0.05, 0.1) is 12.2 Å². The predicted octanol–water partition coefficient (Wildman–Crippen LogP) is 2.80. The molecule has 0 aliphatic carbocycles. The maximum atomic E-state index is 4.60. The molecule has 2 aromatic heterocycles. The number of aromatic nitrogens is 4. The summed E-state index contributed by atoms with van der Waals surface area (Å²) in [5.41, 5.74) is 1.01. The molecular formula is C16H22N6. The van der Waals surface area contributed by atoms with E-state index < -0.39 is 0 Å². The summed E-state index contributed by atoms with van der Waals surface area (Å²) in [5.74, 6) is 2.12. The van der Waals surface area contributed by atoms with Crippen molar-refractivity contribution in [3.8, 4) is 0 Å². The highest BCUT2D eigenvalue weighted by Gasteiger charge is 2.29. The molecule has 1 N–H and O–H groups in total. The summed E-state index contributed by atoms with van der Waals surface area (Å²) < 4.78 is 0. The Bertz CT molecular complexity index is 601. The van der Waals surface area contributed by atoms with Crippen LogP contribution in [0.4, 0.5) is 11.6 Å². The maximum absolute atomic E-state index is 4.60. The lowest BCUT2D eigenvalue weighted by atomic mass is 10.1. The van der Waals surface area contributed by atoms with Crippen LogP contribution in [0.5, 0.6) is 0 Å². The fraction of sp³-hybridized carbons (Fsp3) is 0.500.